The van der Waals surface area contributed by atoms with Crippen LogP contribution in [0.15, 0.2) is 97.1 Å². The molecule has 0 aliphatic carbocycles. The van der Waals surface area contributed by atoms with E-state index in [1.165, 1.54) is 11.1 Å². The number of nitrogens with one attached hydrogen (secondary N) is 2. The molecule has 0 saturated carbocycles. The number of aromatic nitrogens is 4. The predicted octanol–water partition coefficient (Wildman–Crippen LogP) is 12.7. The molecule has 4 aromatic carbocycles. The molecule has 0 saturated heterocycles. The minimum atomic E-state index is -0.328. The maximum Gasteiger partial charge on any atom is 0.277 e. The Morgan fingerprint density at radius 2 is 0.845 bits per heavy atom. The number of nitro benzene ring substituents is 1. The van der Waals surface area contributed by atoms with Crippen LogP contribution in [0.1, 0.15) is 56.2 Å². The summed E-state index contributed by atoms with van der Waals surface area (Å²) in [7, 11) is 0. The molecular formula is C50H42N6O2. The van der Waals surface area contributed by atoms with Crippen molar-refractivity contribution >= 4 is 57.7 Å². The molecule has 284 valence electrons. The standard InChI is InChI=1S/C50H42N6O2/c1-27-23-29(3)45(30(4)24-27)49-40-19-15-36(52-40)47(33-11-7-9-13-35(33)51)37-16-20-41(53-37)50(46-31(5)25-28(2)26-32(46)6)43-22-18-39(55-43)48(38-17-21-42(49)54-38)34-12-8-10-14-44(34)56(57)58/h7-26,52,55H,51H2,1-6H3. The van der Waals surface area contributed by atoms with Crippen molar-refractivity contribution in [1.82, 2.24) is 19.9 Å². The van der Waals surface area contributed by atoms with E-state index in [1.54, 1.807) is 18.2 Å². The number of benzene rings is 4. The van der Waals surface area contributed by atoms with Crippen LogP contribution < -0.4 is 5.73 Å². The number of rotatable bonds is 5. The molecular weight excluding hydrogens is 717 g/mol. The first kappa shape index (κ1) is 36.3. The molecule has 0 atom stereocenters. The summed E-state index contributed by atoms with van der Waals surface area (Å²) < 4.78 is 0. The number of para-hydroxylation sites is 2. The van der Waals surface area contributed by atoms with Crippen molar-refractivity contribution in [2.75, 3.05) is 5.73 Å². The van der Waals surface area contributed by atoms with E-state index in [9.17, 15) is 10.1 Å². The second kappa shape index (κ2) is 14.0. The van der Waals surface area contributed by atoms with Gasteiger partial charge in [0.05, 0.1) is 33.3 Å². The predicted molar refractivity (Wildman–Crippen MR) is 240 cm³/mol. The average Bonchev–Trinajstić information content (AvgIpc) is 4.02. The molecule has 4 N–H and O–H groups in total. The van der Waals surface area contributed by atoms with Gasteiger partial charge in [-0.05, 0) is 136 Å². The van der Waals surface area contributed by atoms with Gasteiger partial charge >= 0.3 is 0 Å². The SMILES string of the molecule is Cc1cc(C)c(-c2c3nc(c(-c4ccccc4[N+](=O)[O-])c4ccc([nH]4)c(-c4c(C)cc(C)cc4C)c4nc(c(-c5ccccc5N)c5ccc2[nH]5)C=C4)C=C3)c(C)c1. The Balaban J connectivity index is 1.53. The molecule has 8 nitrogen and oxygen atoms in total. The zero-order valence-electron chi connectivity index (χ0n) is 33.3. The lowest BCUT2D eigenvalue weighted by Gasteiger charge is -2.13. The molecule has 7 aromatic rings. The van der Waals surface area contributed by atoms with Gasteiger partial charge in [0.1, 0.15) is 0 Å². The number of aryl methyl sites for hydroxylation is 6. The highest BCUT2D eigenvalue weighted by Crippen LogP contribution is 2.42. The lowest BCUT2D eigenvalue weighted by Crippen LogP contribution is -1.96. The maximum absolute atomic E-state index is 12.6. The number of nitrogens with two attached hydrogens (primary N) is 1. The number of hydrogen-bond acceptors (Lipinski definition) is 5. The number of nitro groups is 1. The van der Waals surface area contributed by atoms with Gasteiger partial charge < -0.3 is 15.7 Å². The minimum Gasteiger partial charge on any atom is -0.398 e. The van der Waals surface area contributed by atoms with Crippen LogP contribution in [0.5, 0.6) is 0 Å². The lowest BCUT2D eigenvalue weighted by atomic mass is 9.92. The van der Waals surface area contributed by atoms with E-state index >= 15 is 0 Å². The maximum atomic E-state index is 12.6. The van der Waals surface area contributed by atoms with Crippen LogP contribution in [-0.2, 0) is 0 Å². The van der Waals surface area contributed by atoms with E-state index in [0.717, 1.165) is 89.3 Å². The fourth-order valence-corrected chi connectivity index (χ4v) is 9.02. The number of anilines is 1. The number of nitrogens with zero attached hydrogens (tertiary/aromatic N) is 3. The van der Waals surface area contributed by atoms with Crippen LogP contribution >= 0.6 is 0 Å². The number of aromatic amines is 2. The molecule has 0 unspecified atom stereocenters. The average molecular weight is 759 g/mol. The van der Waals surface area contributed by atoms with Crippen LogP contribution in [0.2, 0.25) is 0 Å². The van der Waals surface area contributed by atoms with Crippen molar-refractivity contribution in [1.29, 1.82) is 0 Å². The molecule has 0 radical (unpaired) electrons. The van der Waals surface area contributed by atoms with E-state index in [4.69, 9.17) is 15.7 Å². The van der Waals surface area contributed by atoms with E-state index in [2.05, 4.69) is 100 Å². The third-order valence-corrected chi connectivity index (χ3v) is 11.2. The van der Waals surface area contributed by atoms with Gasteiger partial charge in [0.25, 0.3) is 5.69 Å². The summed E-state index contributed by atoms with van der Waals surface area (Å²) in [5.41, 5.74) is 27.2. The van der Waals surface area contributed by atoms with Crippen LogP contribution in [0, 0.1) is 51.7 Å². The van der Waals surface area contributed by atoms with E-state index in [1.807, 2.05) is 54.6 Å². The topological polar surface area (TPSA) is 127 Å². The fourth-order valence-electron chi connectivity index (χ4n) is 9.02. The van der Waals surface area contributed by atoms with Crippen molar-refractivity contribution in [3.05, 3.63) is 163 Å². The first-order valence-corrected chi connectivity index (χ1v) is 19.4. The van der Waals surface area contributed by atoms with Crippen LogP contribution in [0.4, 0.5) is 11.4 Å². The second-order valence-corrected chi connectivity index (χ2v) is 15.4. The minimum absolute atomic E-state index is 0.00365. The van der Waals surface area contributed by atoms with E-state index in [0.29, 0.717) is 28.0 Å². The van der Waals surface area contributed by atoms with Gasteiger partial charge in [-0.15, -0.1) is 0 Å². The summed E-state index contributed by atoms with van der Waals surface area (Å²) in [6, 6.07) is 31.8. The Morgan fingerprint density at radius 3 is 1.28 bits per heavy atom. The zero-order chi connectivity index (χ0) is 40.4. The molecule has 0 fully saturated rings. The van der Waals surface area contributed by atoms with Crippen molar-refractivity contribution in [3.8, 4) is 44.5 Å². The van der Waals surface area contributed by atoms with E-state index in [-0.39, 0.29) is 10.6 Å². The summed E-state index contributed by atoms with van der Waals surface area (Å²) in [5, 5.41) is 12.6. The Kier molecular flexibility index (Phi) is 8.77. The Labute approximate surface area is 336 Å². The Hall–Kier alpha value is -7.32. The molecule has 0 amide bonds. The third kappa shape index (κ3) is 6.10. The van der Waals surface area contributed by atoms with Crippen LogP contribution in [0.3, 0.4) is 0 Å². The number of hydrogen-bond donors (Lipinski definition) is 3. The summed E-state index contributed by atoms with van der Waals surface area (Å²) in [6.45, 7) is 12.7. The van der Waals surface area contributed by atoms with Gasteiger partial charge in [0, 0.05) is 61.6 Å². The largest absolute Gasteiger partial charge is 0.398 e. The first-order valence-electron chi connectivity index (χ1n) is 19.4. The van der Waals surface area contributed by atoms with Gasteiger partial charge in [0.2, 0.25) is 0 Å². The van der Waals surface area contributed by atoms with Crippen molar-refractivity contribution in [2.45, 2.75) is 41.5 Å². The fraction of sp³-hybridized carbons (Fsp3) is 0.120. The molecule has 2 aliphatic heterocycles. The number of fused-ring (bicyclic) bond motifs is 8. The first-order chi connectivity index (χ1) is 28.0. The third-order valence-electron chi connectivity index (χ3n) is 11.2. The lowest BCUT2D eigenvalue weighted by molar-refractivity contribution is -0.384. The van der Waals surface area contributed by atoms with Gasteiger partial charge in [-0.1, -0.05) is 65.7 Å². The highest BCUT2D eigenvalue weighted by atomic mass is 16.6. The highest BCUT2D eigenvalue weighted by molar-refractivity contribution is 6.02. The number of H-pyrrole nitrogens is 2. The molecule has 9 rings (SSSR count). The molecule has 58 heavy (non-hydrogen) atoms. The van der Waals surface area contributed by atoms with Crippen LogP contribution in [-0.4, -0.2) is 24.9 Å². The van der Waals surface area contributed by atoms with E-state index < -0.39 is 0 Å². The normalized spacial score (nSPS) is 12.0. The molecule has 3 aromatic heterocycles. The molecule has 5 heterocycles. The van der Waals surface area contributed by atoms with Gasteiger partial charge in [0.15, 0.2) is 0 Å². The molecule has 2 aliphatic rings. The number of nitrogen functional groups attached to an aromatic ring is 1. The highest BCUT2D eigenvalue weighted by Gasteiger charge is 2.24. The van der Waals surface area contributed by atoms with Crippen molar-refractivity contribution in [3.63, 3.8) is 0 Å². The Bertz CT molecular complexity index is 3020. The summed E-state index contributed by atoms with van der Waals surface area (Å²) in [5.74, 6) is 0. The molecule has 8 heteroatoms. The van der Waals surface area contributed by atoms with Crippen molar-refractivity contribution in [2.24, 2.45) is 0 Å². The Morgan fingerprint density at radius 1 is 0.483 bits per heavy atom. The molecule has 8 bridgehead atoms. The quantitative estimate of drug-likeness (QED) is 0.0915. The smallest absolute Gasteiger partial charge is 0.277 e. The molecule has 0 spiro atoms. The summed E-state index contributed by atoms with van der Waals surface area (Å²) in [6.07, 6.45) is 8.11. The van der Waals surface area contributed by atoms with Gasteiger partial charge in [-0.2, -0.15) is 0 Å². The van der Waals surface area contributed by atoms with Gasteiger partial charge in [-0.25, -0.2) is 9.97 Å². The zero-order valence-corrected chi connectivity index (χ0v) is 33.3. The summed E-state index contributed by atoms with van der Waals surface area (Å²) >= 11 is 0. The summed E-state index contributed by atoms with van der Waals surface area (Å²) in [4.78, 5) is 30.6. The monoisotopic (exact) mass is 758 g/mol. The van der Waals surface area contributed by atoms with Gasteiger partial charge in [-0.3, -0.25) is 10.1 Å². The second-order valence-electron chi connectivity index (χ2n) is 15.4. The van der Waals surface area contributed by atoms with Crippen LogP contribution in [0.25, 0.3) is 90.9 Å². The van der Waals surface area contributed by atoms with Crippen molar-refractivity contribution < 1.29 is 4.92 Å².